The van der Waals surface area contributed by atoms with Crippen LogP contribution in [0.3, 0.4) is 0 Å². The van der Waals surface area contributed by atoms with E-state index in [-0.39, 0.29) is 5.91 Å². The summed E-state index contributed by atoms with van der Waals surface area (Å²) in [5, 5.41) is 0. The SMILES string of the molecule is COc1ccc(OC)c(/C=C2/SC(=S)N(CCCc3ccccc3)C2=O)c1. The predicted molar refractivity (Wildman–Crippen MR) is 114 cm³/mol. The Balaban J connectivity index is 1.71. The second-order valence-corrected chi connectivity index (χ2v) is 7.71. The predicted octanol–water partition coefficient (Wildman–Crippen LogP) is 4.54. The summed E-state index contributed by atoms with van der Waals surface area (Å²) in [6.45, 7) is 0.617. The van der Waals surface area contributed by atoms with Crippen LogP contribution < -0.4 is 9.47 Å². The number of methoxy groups -OCH3 is 2. The highest BCUT2D eigenvalue weighted by Gasteiger charge is 2.31. The van der Waals surface area contributed by atoms with Gasteiger partial charge in [-0.15, -0.1) is 0 Å². The quantitative estimate of drug-likeness (QED) is 0.505. The van der Waals surface area contributed by atoms with E-state index in [1.54, 1.807) is 19.1 Å². The number of hydrogen-bond acceptors (Lipinski definition) is 5. The van der Waals surface area contributed by atoms with Gasteiger partial charge in [0.2, 0.25) is 0 Å². The first-order valence-electron chi connectivity index (χ1n) is 8.63. The van der Waals surface area contributed by atoms with E-state index in [1.165, 1.54) is 17.3 Å². The Morgan fingerprint density at radius 2 is 1.89 bits per heavy atom. The Hall–Kier alpha value is -2.31. The van der Waals surface area contributed by atoms with Gasteiger partial charge in [-0.2, -0.15) is 0 Å². The van der Waals surface area contributed by atoms with Gasteiger partial charge < -0.3 is 9.47 Å². The first-order chi connectivity index (χ1) is 13.1. The third-order valence-electron chi connectivity index (χ3n) is 4.29. The van der Waals surface area contributed by atoms with Crippen molar-refractivity contribution in [2.45, 2.75) is 12.8 Å². The van der Waals surface area contributed by atoms with Gasteiger partial charge in [0.05, 0.1) is 19.1 Å². The zero-order valence-electron chi connectivity index (χ0n) is 15.3. The van der Waals surface area contributed by atoms with Crippen molar-refractivity contribution in [2.75, 3.05) is 20.8 Å². The third kappa shape index (κ3) is 4.70. The standard InChI is InChI=1S/C21H21NO3S2/c1-24-17-10-11-18(25-2)16(13-17)14-19-20(23)22(21(26)27-19)12-6-9-15-7-4-3-5-8-15/h3-5,7-8,10-11,13-14H,6,9,12H2,1-2H3/b19-14+. The molecule has 6 heteroatoms. The summed E-state index contributed by atoms with van der Waals surface area (Å²) in [5.74, 6) is 1.34. The van der Waals surface area contributed by atoms with Crippen molar-refractivity contribution in [2.24, 2.45) is 0 Å². The minimum atomic E-state index is -0.0528. The zero-order chi connectivity index (χ0) is 19.2. The highest BCUT2D eigenvalue weighted by molar-refractivity contribution is 8.26. The number of carbonyl (C=O) groups is 1. The first kappa shape index (κ1) is 19.5. The zero-order valence-corrected chi connectivity index (χ0v) is 16.9. The molecule has 2 aromatic carbocycles. The van der Waals surface area contributed by atoms with Crippen molar-refractivity contribution < 1.29 is 14.3 Å². The summed E-state index contributed by atoms with van der Waals surface area (Å²) in [5.41, 5.74) is 2.06. The van der Waals surface area contributed by atoms with Gasteiger partial charge in [-0.1, -0.05) is 54.3 Å². The smallest absolute Gasteiger partial charge is 0.266 e. The van der Waals surface area contributed by atoms with Crippen LogP contribution in [0.15, 0.2) is 53.4 Å². The number of aryl methyl sites for hydroxylation is 1. The summed E-state index contributed by atoms with van der Waals surface area (Å²) in [7, 11) is 3.21. The van der Waals surface area contributed by atoms with Crippen LogP contribution in [-0.2, 0) is 11.2 Å². The van der Waals surface area contributed by atoms with Gasteiger partial charge in [0.15, 0.2) is 0 Å². The normalized spacial score (nSPS) is 15.5. The minimum absolute atomic E-state index is 0.0528. The van der Waals surface area contributed by atoms with Crippen LogP contribution in [0, 0.1) is 0 Å². The molecular formula is C21H21NO3S2. The van der Waals surface area contributed by atoms with E-state index in [1.807, 2.05) is 42.5 Å². The molecule has 0 aliphatic carbocycles. The number of amides is 1. The van der Waals surface area contributed by atoms with Crippen LogP contribution in [-0.4, -0.2) is 35.9 Å². The van der Waals surface area contributed by atoms with Gasteiger partial charge in [-0.05, 0) is 42.7 Å². The van der Waals surface area contributed by atoms with Gasteiger partial charge in [-0.25, -0.2) is 0 Å². The molecule has 0 atom stereocenters. The molecule has 1 heterocycles. The number of rotatable bonds is 7. The Morgan fingerprint density at radius 1 is 1.11 bits per heavy atom. The van der Waals surface area contributed by atoms with Crippen LogP contribution in [0.2, 0.25) is 0 Å². The fourth-order valence-corrected chi connectivity index (χ4v) is 4.17. The molecule has 2 aromatic rings. The molecule has 0 aromatic heterocycles. The lowest BCUT2D eigenvalue weighted by Gasteiger charge is -2.14. The molecule has 0 N–H and O–H groups in total. The van der Waals surface area contributed by atoms with E-state index in [2.05, 4.69) is 12.1 Å². The molecule has 0 spiro atoms. The Morgan fingerprint density at radius 3 is 2.59 bits per heavy atom. The highest BCUT2D eigenvalue weighted by atomic mass is 32.2. The van der Waals surface area contributed by atoms with Crippen molar-refractivity contribution in [3.8, 4) is 11.5 Å². The van der Waals surface area contributed by atoms with Gasteiger partial charge in [0, 0.05) is 12.1 Å². The molecule has 4 nitrogen and oxygen atoms in total. The lowest BCUT2D eigenvalue weighted by Crippen LogP contribution is -2.29. The van der Waals surface area contributed by atoms with Gasteiger partial charge in [-0.3, -0.25) is 9.69 Å². The summed E-state index contributed by atoms with van der Waals surface area (Å²) in [4.78, 5) is 15.1. The van der Waals surface area contributed by atoms with Crippen molar-refractivity contribution in [1.82, 2.24) is 4.90 Å². The number of thiocarbonyl (C=S) groups is 1. The van der Waals surface area contributed by atoms with Gasteiger partial charge in [0.25, 0.3) is 5.91 Å². The summed E-state index contributed by atoms with van der Waals surface area (Å²) < 4.78 is 11.3. The van der Waals surface area contributed by atoms with Crippen LogP contribution >= 0.6 is 24.0 Å². The van der Waals surface area contributed by atoms with E-state index >= 15 is 0 Å². The van der Waals surface area contributed by atoms with E-state index in [0.717, 1.165) is 18.4 Å². The molecule has 140 valence electrons. The fraction of sp³-hybridized carbons (Fsp3) is 0.238. The average Bonchev–Trinajstić information content (AvgIpc) is 2.96. The third-order valence-corrected chi connectivity index (χ3v) is 5.66. The number of benzene rings is 2. The van der Waals surface area contributed by atoms with Crippen molar-refractivity contribution >= 4 is 40.3 Å². The van der Waals surface area contributed by atoms with Gasteiger partial charge in [0.1, 0.15) is 15.8 Å². The largest absolute Gasteiger partial charge is 0.497 e. The maximum Gasteiger partial charge on any atom is 0.266 e. The number of nitrogens with zero attached hydrogens (tertiary/aromatic N) is 1. The van der Waals surface area contributed by atoms with Crippen LogP contribution in [0.25, 0.3) is 6.08 Å². The summed E-state index contributed by atoms with van der Waals surface area (Å²) in [6, 6.07) is 15.7. The molecule has 1 fully saturated rings. The second kappa shape index (κ2) is 9.06. The lowest BCUT2D eigenvalue weighted by atomic mass is 10.1. The van der Waals surface area contributed by atoms with Gasteiger partial charge >= 0.3 is 0 Å². The monoisotopic (exact) mass is 399 g/mol. The first-order valence-corrected chi connectivity index (χ1v) is 9.86. The Labute approximate surface area is 169 Å². The maximum absolute atomic E-state index is 12.8. The number of carbonyl (C=O) groups excluding carboxylic acids is 1. The molecular weight excluding hydrogens is 378 g/mol. The van der Waals surface area contributed by atoms with E-state index < -0.39 is 0 Å². The van der Waals surface area contributed by atoms with Crippen molar-refractivity contribution in [1.29, 1.82) is 0 Å². The maximum atomic E-state index is 12.8. The molecule has 1 saturated heterocycles. The van der Waals surface area contributed by atoms with Crippen LogP contribution in [0.4, 0.5) is 0 Å². The molecule has 3 rings (SSSR count). The Kier molecular flexibility index (Phi) is 6.53. The summed E-state index contributed by atoms with van der Waals surface area (Å²) in [6.07, 6.45) is 3.60. The molecule has 0 bridgehead atoms. The molecule has 1 aliphatic heterocycles. The van der Waals surface area contributed by atoms with Crippen molar-refractivity contribution in [3.63, 3.8) is 0 Å². The number of ether oxygens (including phenoxy) is 2. The minimum Gasteiger partial charge on any atom is -0.497 e. The average molecular weight is 400 g/mol. The van der Waals surface area contributed by atoms with E-state index in [4.69, 9.17) is 21.7 Å². The second-order valence-electron chi connectivity index (χ2n) is 6.03. The molecule has 0 saturated carbocycles. The van der Waals surface area contributed by atoms with Crippen LogP contribution in [0.5, 0.6) is 11.5 Å². The summed E-state index contributed by atoms with van der Waals surface area (Å²) >= 11 is 6.75. The molecule has 27 heavy (non-hydrogen) atoms. The van der Waals surface area contributed by atoms with Crippen LogP contribution in [0.1, 0.15) is 17.5 Å². The van der Waals surface area contributed by atoms with Crippen molar-refractivity contribution in [3.05, 3.63) is 64.6 Å². The Bertz CT molecular complexity index is 865. The molecule has 0 radical (unpaired) electrons. The molecule has 1 amide bonds. The molecule has 1 aliphatic rings. The number of thioether (sulfide) groups is 1. The lowest BCUT2D eigenvalue weighted by molar-refractivity contribution is -0.122. The van der Waals surface area contributed by atoms with E-state index in [9.17, 15) is 4.79 Å². The molecule has 0 unspecified atom stereocenters. The highest BCUT2D eigenvalue weighted by Crippen LogP contribution is 2.35. The van der Waals surface area contributed by atoms with E-state index in [0.29, 0.717) is 27.3 Å². The topological polar surface area (TPSA) is 38.8 Å². The number of hydrogen-bond donors (Lipinski definition) is 0. The fourth-order valence-electron chi connectivity index (χ4n) is 2.87.